The molecule has 0 aromatic carbocycles. The molecular weight excluding hydrogens is 262 g/mol. The van der Waals surface area contributed by atoms with Crippen LogP contribution < -0.4 is 10.2 Å². The molecule has 1 aliphatic rings. The monoisotopic (exact) mass is 291 g/mol. The number of ether oxygens (including phenoxy) is 1. The molecule has 1 N–H and O–H groups in total. The van der Waals surface area contributed by atoms with Gasteiger partial charge in [0, 0.05) is 38.0 Å². The van der Waals surface area contributed by atoms with Gasteiger partial charge in [0.15, 0.2) is 0 Å². The van der Waals surface area contributed by atoms with Crippen molar-refractivity contribution in [2.24, 2.45) is 0 Å². The van der Waals surface area contributed by atoms with Crippen LogP contribution in [-0.4, -0.2) is 36.3 Å². The van der Waals surface area contributed by atoms with Crippen LogP contribution in [0.1, 0.15) is 46.1 Å². The van der Waals surface area contributed by atoms with Crippen LogP contribution in [0, 0.1) is 0 Å². The number of pyridine rings is 1. The van der Waals surface area contributed by atoms with Gasteiger partial charge in [-0.15, -0.1) is 0 Å². The summed E-state index contributed by atoms with van der Waals surface area (Å²) in [6, 6.07) is 2.12. The van der Waals surface area contributed by atoms with E-state index in [1.807, 2.05) is 12.4 Å². The van der Waals surface area contributed by atoms with E-state index in [1.54, 1.807) is 0 Å². The summed E-state index contributed by atoms with van der Waals surface area (Å²) in [5.74, 6) is 0. The molecule has 1 fully saturated rings. The Balaban J connectivity index is 2.08. The van der Waals surface area contributed by atoms with E-state index in [4.69, 9.17) is 4.74 Å². The zero-order valence-corrected chi connectivity index (χ0v) is 13.9. The molecule has 4 heteroatoms. The summed E-state index contributed by atoms with van der Waals surface area (Å²) in [5.41, 5.74) is 2.65. The van der Waals surface area contributed by atoms with Crippen LogP contribution in [0.2, 0.25) is 0 Å². The lowest BCUT2D eigenvalue weighted by molar-refractivity contribution is 0.115. The molecule has 1 aromatic rings. The Kier molecular flexibility index (Phi) is 5.59. The topological polar surface area (TPSA) is 37.4 Å². The number of hydrogen-bond acceptors (Lipinski definition) is 4. The minimum Gasteiger partial charge on any atom is -0.376 e. The van der Waals surface area contributed by atoms with Crippen LogP contribution >= 0.6 is 0 Å². The lowest BCUT2D eigenvalue weighted by atomic mass is 10.1. The van der Waals surface area contributed by atoms with Crippen LogP contribution in [0.5, 0.6) is 0 Å². The van der Waals surface area contributed by atoms with Crippen molar-refractivity contribution in [2.45, 2.75) is 58.7 Å². The number of likely N-dealkylation sites (N-methyl/N-ethyl adjacent to an activating group) is 1. The lowest BCUT2D eigenvalue weighted by Gasteiger charge is -2.29. The molecule has 2 heterocycles. The van der Waals surface area contributed by atoms with Gasteiger partial charge in [-0.05, 0) is 52.2 Å². The average Bonchev–Trinajstić information content (AvgIpc) is 2.95. The second-order valence-electron chi connectivity index (χ2n) is 6.78. The van der Waals surface area contributed by atoms with Gasteiger partial charge >= 0.3 is 0 Å². The zero-order valence-electron chi connectivity index (χ0n) is 13.9. The van der Waals surface area contributed by atoms with Gasteiger partial charge in [0.25, 0.3) is 0 Å². The maximum atomic E-state index is 5.78. The Hall–Kier alpha value is -1.13. The van der Waals surface area contributed by atoms with Gasteiger partial charge in [-0.1, -0.05) is 0 Å². The Morgan fingerprint density at radius 3 is 2.86 bits per heavy atom. The van der Waals surface area contributed by atoms with E-state index >= 15 is 0 Å². The molecule has 1 aromatic heterocycles. The van der Waals surface area contributed by atoms with Crippen LogP contribution in [0.25, 0.3) is 0 Å². The predicted molar refractivity (Wildman–Crippen MR) is 87.7 cm³/mol. The molecule has 21 heavy (non-hydrogen) atoms. The quantitative estimate of drug-likeness (QED) is 0.874. The van der Waals surface area contributed by atoms with Gasteiger partial charge in [-0.2, -0.15) is 0 Å². The van der Waals surface area contributed by atoms with Gasteiger partial charge < -0.3 is 15.0 Å². The largest absolute Gasteiger partial charge is 0.376 e. The first-order valence-corrected chi connectivity index (χ1v) is 8.04. The fourth-order valence-electron chi connectivity index (χ4n) is 2.64. The highest BCUT2D eigenvalue weighted by molar-refractivity contribution is 5.51. The number of nitrogens with one attached hydrogen (secondary N) is 1. The van der Waals surface area contributed by atoms with Crippen molar-refractivity contribution in [3.63, 3.8) is 0 Å². The summed E-state index contributed by atoms with van der Waals surface area (Å²) in [6.45, 7) is 12.5. The Morgan fingerprint density at radius 2 is 2.24 bits per heavy atom. The zero-order chi connectivity index (χ0) is 15.3. The molecule has 4 nitrogen and oxygen atoms in total. The molecule has 0 spiro atoms. The molecule has 1 unspecified atom stereocenters. The first-order chi connectivity index (χ1) is 9.99. The number of anilines is 1. The van der Waals surface area contributed by atoms with Crippen molar-refractivity contribution in [3.8, 4) is 0 Å². The molecule has 1 saturated heterocycles. The maximum absolute atomic E-state index is 5.78. The van der Waals surface area contributed by atoms with Crippen LogP contribution in [0.3, 0.4) is 0 Å². The van der Waals surface area contributed by atoms with Gasteiger partial charge in [0.1, 0.15) is 0 Å². The number of rotatable bonds is 6. The Labute approximate surface area is 128 Å². The molecule has 0 amide bonds. The molecule has 118 valence electrons. The molecule has 1 atom stereocenters. The fraction of sp³-hybridized carbons (Fsp3) is 0.706. The van der Waals surface area contributed by atoms with Crippen molar-refractivity contribution < 1.29 is 4.74 Å². The van der Waals surface area contributed by atoms with E-state index in [1.165, 1.54) is 24.1 Å². The third-order valence-electron chi connectivity index (χ3n) is 3.87. The van der Waals surface area contributed by atoms with Gasteiger partial charge in [-0.3, -0.25) is 4.98 Å². The first kappa shape index (κ1) is 16.2. The predicted octanol–water partition coefficient (Wildman–Crippen LogP) is 2.98. The SMILES string of the molecule is CCN(CC1CCCO1)c1cnccc1CNC(C)(C)C. The van der Waals surface area contributed by atoms with Gasteiger partial charge in [-0.25, -0.2) is 0 Å². The third kappa shape index (κ3) is 4.97. The van der Waals surface area contributed by atoms with Crippen LogP contribution in [0.15, 0.2) is 18.5 Å². The molecule has 0 saturated carbocycles. The standard InChI is InChI=1S/C17H29N3O/c1-5-20(13-15-7-6-10-21-15)16-12-18-9-8-14(16)11-19-17(2,3)4/h8-9,12,15,19H,5-7,10-11,13H2,1-4H3. The molecule has 0 bridgehead atoms. The summed E-state index contributed by atoms with van der Waals surface area (Å²) >= 11 is 0. The first-order valence-electron chi connectivity index (χ1n) is 8.04. The molecule has 0 radical (unpaired) electrons. The summed E-state index contributed by atoms with van der Waals surface area (Å²) < 4.78 is 5.78. The number of hydrogen-bond donors (Lipinski definition) is 1. The number of nitrogens with zero attached hydrogens (tertiary/aromatic N) is 2. The smallest absolute Gasteiger partial charge is 0.0750 e. The van der Waals surface area contributed by atoms with E-state index in [0.717, 1.165) is 26.2 Å². The minimum absolute atomic E-state index is 0.117. The van der Waals surface area contributed by atoms with E-state index in [0.29, 0.717) is 6.10 Å². The summed E-state index contributed by atoms with van der Waals surface area (Å²) in [7, 11) is 0. The van der Waals surface area contributed by atoms with Crippen LogP contribution in [-0.2, 0) is 11.3 Å². The number of aromatic nitrogens is 1. The Bertz CT molecular complexity index is 436. The fourth-order valence-corrected chi connectivity index (χ4v) is 2.64. The van der Waals surface area contributed by atoms with Crippen molar-refractivity contribution >= 4 is 5.69 Å². The molecule has 0 aliphatic carbocycles. The van der Waals surface area contributed by atoms with Crippen molar-refractivity contribution in [1.82, 2.24) is 10.3 Å². The van der Waals surface area contributed by atoms with Crippen molar-refractivity contribution in [3.05, 3.63) is 24.0 Å². The second kappa shape index (κ2) is 7.23. The van der Waals surface area contributed by atoms with E-state index in [-0.39, 0.29) is 5.54 Å². The van der Waals surface area contributed by atoms with E-state index in [2.05, 4.69) is 49.0 Å². The molecule has 1 aliphatic heterocycles. The molecule has 2 rings (SSSR count). The van der Waals surface area contributed by atoms with Crippen LogP contribution in [0.4, 0.5) is 5.69 Å². The summed E-state index contributed by atoms with van der Waals surface area (Å²) in [5, 5.41) is 3.57. The maximum Gasteiger partial charge on any atom is 0.0750 e. The highest BCUT2D eigenvalue weighted by Gasteiger charge is 2.20. The van der Waals surface area contributed by atoms with E-state index in [9.17, 15) is 0 Å². The third-order valence-corrected chi connectivity index (χ3v) is 3.87. The highest BCUT2D eigenvalue weighted by atomic mass is 16.5. The Morgan fingerprint density at radius 1 is 1.43 bits per heavy atom. The second-order valence-corrected chi connectivity index (χ2v) is 6.78. The summed E-state index contributed by atoms with van der Waals surface area (Å²) in [6.07, 6.45) is 6.59. The average molecular weight is 291 g/mol. The molecular formula is C17H29N3O. The van der Waals surface area contributed by atoms with E-state index < -0.39 is 0 Å². The minimum atomic E-state index is 0.117. The van der Waals surface area contributed by atoms with Crippen molar-refractivity contribution in [1.29, 1.82) is 0 Å². The lowest BCUT2D eigenvalue weighted by Crippen LogP contribution is -2.37. The van der Waals surface area contributed by atoms with Crippen molar-refractivity contribution in [2.75, 3.05) is 24.6 Å². The normalized spacial score (nSPS) is 19.0. The van der Waals surface area contributed by atoms with Gasteiger partial charge in [0.2, 0.25) is 0 Å². The van der Waals surface area contributed by atoms with Gasteiger partial charge in [0.05, 0.1) is 18.0 Å². The summed E-state index contributed by atoms with van der Waals surface area (Å²) in [4.78, 5) is 6.71. The highest BCUT2D eigenvalue weighted by Crippen LogP contribution is 2.22.